The lowest BCUT2D eigenvalue weighted by molar-refractivity contribution is 0.0950. The Hall–Kier alpha value is -1.82. The second kappa shape index (κ2) is 3.51. The molecule has 0 saturated heterocycles. The van der Waals surface area contributed by atoms with Gasteiger partial charge >= 0.3 is 0 Å². The van der Waals surface area contributed by atoms with Crippen LogP contribution in [0.25, 0.3) is 0 Å². The molecule has 0 unspecified atom stereocenters. The van der Waals surface area contributed by atoms with Gasteiger partial charge in [0.2, 0.25) is 0 Å². The maximum absolute atomic E-state index is 11.5. The first-order valence-electron chi connectivity index (χ1n) is 4.52. The fourth-order valence-electron chi connectivity index (χ4n) is 1.14. The van der Waals surface area contributed by atoms with E-state index in [1.807, 2.05) is 0 Å². The van der Waals surface area contributed by atoms with Crippen molar-refractivity contribution in [2.75, 3.05) is 0 Å². The van der Waals surface area contributed by atoms with Crippen LogP contribution in [0.15, 0.2) is 18.5 Å². The minimum Gasteiger partial charge on any atom is -0.349 e. The number of carbonyl (C=O) groups is 1. The van der Waals surface area contributed by atoms with Crippen molar-refractivity contribution in [2.24, 2.45) is 0 Å². The predicted octanol–water partition coefficient (Wildman–Crippen LogP) is 0.955. The molecule has 2 rings (SSSR count). The van der Waals surface area contributed by atoms with E-state index in [0.29, 0.717) is 17.2 Å². The van der Waals surface area contributed by atoms with Gasteiger partial charge in [-0.2, -0.15) is 0 Å². The summed E-state index contributed by atoms with van der Waals surface area (Å²) >= 11 is 0. The van der Waals surface area contributed by atoms with Gasteiger partial charge in [-0.15, -0.1) is 6.42 Å². The summed E-state index contributed by atoms with van der Waals surface area (Å²) in [4.78, 5) is 15.4. The molecule has 1 saturated carbocycles. The van der Waals surface area contributed by atoms with Crippen LogP contribution in [-0.2, 0) is 0 Å². The van der Waals surface area contributed by atoms with Crippen LogP contribution in [0.4, 0.5) is 0 Å². The molecular formula is C11H10N2O. The number of terminal acetylenes is 1. The summed E-state index contributed by atoms with van der Waals surface area (Å²) < 4.78 is 0. The van der Waals surface area contributed by atoms with E-state index in [4.69, 9.17) is 6.42 Å². The van der Waals surface area contributed by atoms with Crippen molar-refractivity contribution in [3.8, 4) is 12.3 Å². The van der Waals surface area contributed by atoms with Crippen LogP contribution in [0.5, 0.6) is 0 Å². The van der Waals surface area contributed by atoms with E-state index in [0.717, 1.165) is 12.8 Å². The third-order valence-electron chi connectivity index (χ3n) is 2.08. The third-order valence-corrected chi connectivity index (χ3v) is 2.08. The standard InChI is InChI=1S/C11H10N2O/c1-2-8-5-9(7-12-6-8)11(14)13-10-3-4-10/h1,5-7,10H,3-4H2,(H,13,14). The van der Waals surface area contributed by atoms with Crippen LogP contribution < -0.4 is 5.32 Å². The van der Waals surface area contributed by atoms with Gasteiger partial charge in [0.15, 0.2) is 0 Å². The molecule has 1 fully saturated rings. The number of pyridine rings is 1. The lowest BCUT2D eigenvalue weighted by atomic mass is 10.2. The van der Waals surface area contributed by atoms with Gasteiger partial charge < -0.3 is 5.32 Å². The molecule has 0 atom stereocenters. The molecule has 1 N–H and O–H groups in total. The lowest BCUT2D eigenvalue weighted by Crippen LogP contribution is -2.25. The van der Waals surface area contributed by atoms with Gasteiger partial charge in [-0.05, 0) is 18.9 Å². The van der Waals surface area contributed by atoms with Crippen molar-refractivity contribution in [3.63, 3.8) is 0 Å². The first kappa shape index (κ1) is 8.76. The van der Waals surface area contributed by atoms with E-state index in [1.165, 1.54) is 6.20 Å². The van der Waals surface area contributed by atoms with Crippen LogP contribution in [0.1, 0.15) is 28.8 Å². The topological polar surface area (TPSA) is 42.0 Å². The highest BCUT2D eigenvalue weighted by Crippen LogP contribution is 2.19. The Labute approximate surface area is 82.5 Å². The van der Waals surface area contributed by atoms with Crippen LogP contribution in [0.2, 0.25) is 0 Å². The number of nitrogens with one attached hydrogen (secondary N) is 1. The largest absolute Gasteiger partial charge is 0.349 e. The molecule has 3 nitrogen and oxygen atoms in total. The molecule has 1 heterocycles. The Bertz CT molecular complexity index is 402. The molecule has 0 aliphatic heterocycles. The van der Waals surface area contributed by atoms with Crippen molar-refractivity contribution >= 4 is 5.91 Å². The minimum absolute atomic E-state index is 0.0860. The second-order valence-corrected chi connectivity index (χ2v) is 3.35. The third kappa shape index (κ3) is 1.91. The minimum atomic E-state index is -0.0860. The van der Waals surface area contributed by atoms with Crippen molar-refractivity contribution in [1.82, 2.24) is 10.3 Å². The van der Waals surface area contributed by atoms with Gasteiger partial charge in [0.05, 0.1) is 5.56 Å². The number of aromatic nitrogens is 1. The van der Waals surface area contributed by atoms with Crippen molar-refractivity contribution in [2.45, 2.75) is 18.9 Å². The van der Waals surface area contributed by atoms with E-state index >= 15 is 0 Å². The Morgan fingerprint density at radius 1 is 1.57 bits per heavy atom. The normalized spacial score (nSPS) is 14.5. The molecule has 1 aromatic rings. The van der Waals surface area contributed by atoms with Crippen LogP contribution in [-0.4, -0.2) is 16.9 Å². The zero-order chi connectivity index (χ0) is 9.97. The Morgan fingerprint density at radius 2 is 2.36 bits per heavy atom. The maximum Gasteiger partial charge on any atom is 0.253 e. The summed E-state index contributed by atoms with van der Waals surface area (Å²) in [5, 5.41) is 2.87. The molecular weight excluding hydrogens is 176 g/mol. The number of nitrogens with zero attached hydrogens (tertiary/aromatic N) is 1. The SMILES string of the molecule is C#Cc1cncc(C(=O)NC2CC2)c1. The van der Waals surface area contributed by atoms with E-state index in [1.54, 1.807) is 12.3 Å². The molecule has 14 heavy (non-hydrogen) atoms. The molecule has 0 aromatic carbocycles. The molecule has 0 bridgehead atoms. The van der Waals surface area contributed by atoms with Gasteiger partial charge in [0.1, 0.15) is 0 Å². The van der Waals surface area contributed by atoms with Gasteiger partial charge in [-0.3, -0.25) is 9.78 Å². The van der Waals surface area contributed by atoms with Crippen molar-refractivity contribution in [3.05, 3.63) is 29.6 Å². The summed E-state index contributed by atoms with van der Waals surface area (Å²) in [6, 6.07) is 2.03. The van der Waals surface area contributed by atoms with Gasteiger partial charge in [0, 0.05) is 24.0 Å². The number of hydrogen-bond donors (Lipinski definition) is 1. The summed E-state index contributed by atoms with van der Waals surface area (Å²) in [6.45, 7) is 0. The first-order chi connectivity index (χ1) is 6.79. The lowest BCUT2D eigenvalue weighted by Gasteiger charge is -2.02. The van der Waals surface area contributed by atoms with Crippen LogP contribution in [0, 0.1) is 12.3 Å². The quantitative estimate of drug-likeness (QED) is 0.699. The van der Waals surface area contributed by atoms with Gasteiger partial charge in [-0.25, -0.2) is 0 Å². The predicted molar refractivity (Wildman–Crippen MR) is 52.7 cm³/mol. The zero-order valence-electron chi connectivity index (χ0n) is 7.66. The fourth-order valence-corrected chi connectivity index (χ4v) is 1.14. The average molecular weight is 186 g/mol. The van der Waals surface area contributed by atoms with Crippen molar-refractivity contribution < 1.29 is 4.79 Å². The van der Waals surface area contributed by atoms with E-state index in [2.05, 4.69) is 16.2 Å². The molecule has 0 spiro atoms. The summed E-state index contributed by atoms with van der Waals surface area (Å²) in [5.74, 6) is 2.36. The molecule has 70 valence electrons. The van der Waals surface area contributed by atoms with Crippen LogP contribution >= 0.6 is 0 Å². The highest BCUT2D eigenvalue weighted by Gasteiger charge is 2.23. The van der Waals surface area contributed by atoms with Crippen molar-refractivity contribution in [1.29, 1.82) is 0 Å². The molecule has 3 heteroatoms. The van der Waals surface area contributed by atoms with Gasteiger partial charge in [0.25, 0.3) is 5.91 Å². The maximum atomic E-state index is 11.5. The second-order valence-electron chi connectivity index (χ2n) is 3.35. The Kier molecular flexibility index (Phi) is 2.19. The zero-order valence-corrected chi connectivity index (χ0v) is 7.66. The molecule has 1 aliphatic rings. The van der Waals surface area contributed by atoms with E-state index in [-0.39, 0.29) is 5.91 Å². The fraction of sp³-hybridized carbons (Fsp3) is 0.273. The first-order valence-corrected chi connectivity index (χ1v) is 4.52. The number of carbonyl (C=O) groups excluding carboxylic acids is 1. The van der Waals surface area contributed by atoms with Crippen LogP contribution in [0.3, 0.4) is 0 Å². The summed E-state index contributed by atoms with van der Waals surface area (Å²) in [7, 11) is 0. The highest BCUT2D eigenvalue weighted by molar-refractivity contribution is 5.94. The Balaban J connectivity index is 2.14. The number of amides is 1. The summed E-state index contributed by atoms with van der Waals surface area (Å²) in [6.07, 6.45) is 10.5. The van der Waals surface area contributed by atoms with E-state index < -0.39 is 0 Å². The Morgan fingerprint density at radius 3 is 3.00 bits per heavy atom. The number of rotatable bonds is 2. The summed E-state index contributed by atoms with van der Waals surface area (Å²) in [5.41, 5.74) is 1.17. The smallest absolute Gasteiger partial charge is 0.253 e. The average Bonchev–Trinajstić information content (AvgIpc) is 3.02. The molecule has 0 radical (unpaired) electrons. The molecule has 1 amide bonds. The number of hydrogen-bond acceptors (Lipinski definition) is 2. The monoisotopic (exact) mass is 186 g/mol. The van der Waals surface area contributed by atoms with Gasteiger partial charge in [-0.1, -0.05) is 5.92 Å². The molecule has 1 aliphatic carbocycles. The molecule has 1 aromatic heterocycles. The highest BCUT2D eigenvalue weighted by atomic mass is 16.1. The van der Waals surface area contributed by atoms with E-state index in [9.17, 15) is 4.79 Å².